The van der Waals surface area contributed by atoms with Gasteiger partial charge in [0.1, 0.15) is 5.51 Å². The molecule has 16 heavy (non-hydrogen) atoms. The second-order valence-corrected chi connectivity index (χ2v) is 4.64. The molecule has 5 nitrogen and oxygen atoms in total. The third-order valence-electron chi connectivity index (χ3n) is 2.58. The molecule has 0 aliphatic carbocycles. The molecule has 1 aromatic rings. The fourth-order valence-electron chi connectivity index (χ4n) is 1.81. The van der Waals surface area contributed by atoms with Crippen LogP contribution in [0.15, 0.2) is 5.51 Å². The number of halogens is 1. The summed E-state index contributed by atoms with van der Waals surface area (Å²) in [5, 5.41) is 14.2. The van der Waals surface area contributed by atoms with Crippen molar-refractivity contribution in [2.24, 2.45) is 5.92 Å². The highest BCUT2D eigenvalue weighted by atomic mass is 35.5. The molecule has 2 heterocycles. The summed E-state index contributed by atoms with van der Waals surface area (Å²) < 4.78 is 0. The molecule has 90 valence electrons. The minimum absolute atomic E-state index is 0. The number of carbonyl (C=O) groups excluding carboxylic acids is 1. The van der Waals surface area contributed by atoms with E-state index in [9.17, 15) is 4.79 Å². The summed E-state index contributed by atoms with van der Waals surface area (Å²) in [4.78, 5) is 11.8. The van der Waals surface area contributed by atoms with Gasteiger partial charge in [0, 0.05) is 12.0 Å². The van der Waals surface area contributed by atoms with E-state index in [0.29, 0.717) is 11.2 Å². The zero-order valence-corrected chi connectivity index (χ0v) is 10.6. The minimum Gasteiger partial charge on any atom is -0.314 e. The summed E-state index contributed by atoms with van der Waals surface area (Å²) in [6.07, 6.45) is 1.79. The largest absolute Gasteiger partial charge is 0.314 e. The Morgan fingerprint density at radius 3 is 3.12 bits per heavy atom. The molecular formula is C9H15ClN4OS. The Balaban J connectivity index is 0.00000128. The summed E-state index contributed by atoms with van der Waals surface area (Å²) in [7, 11) is 0. The van der Waals surface area contributed by atoms with Crippen LogP contribution in [0.1, 0.15) is 19.8 Å². The lowest BCUT2D eigenvalue weighted by atomic mass is 9.93. The molecule has 0 bridgehead atoms. The first kappa shape index (κ1) is 13.3. The fraction of sp³-hybridized carbons (Fsp3) is 0.667. The molecule has 0 aromatic carbocycles. The van der Waals surface area contributed by atoms with Crippen molar-refractivity contribution < 1.29 is 4.79 Å². The van der Waals surface area contributed by atoms with E-state index in [1.54, 1.807) is 5.51 Å². The van der Waals surface area contributed by atoms with E-state index < -0.39 is 0 Å². The molecule has 0 unspecified atom stereocenters. The molecule has 1 aliphatic heterocycles. The van der Waals surface area contributed by atoms with Gasteiger partial charge in [0.2, 0.25) is 11.0 Å². The van der Waals surface area contributed by atoms with Gasteiger partial charge in [-0.3, -0.25) is 4.79 Å². The van der Waals surface area contributed by atoms with Crippen molar-refractivity contribution >= 4 is 34.8 Å². The van der Waals surface area contributed by atoms with Crippen LogP contribution in [0.4, 0.5) is 5.13 Å². The minimum atomic E-state index is 0. The molecule has 1 saturated heterocycles. The molecule has 1 amide bonds. The molecule has 2 rings (SSSR count). The number of amides is 1. The van der Waals surface area contributed by atoms with Gasteiger partial charge in [-0.2, -0.15) is 0 Å². The van der Waals surface area contributed by atoms with E-state index in [2.05, 4.69) is 27.8 Å². The lowest BCUT2D eigenvalue weighted by Gasteiger charge is -2.26. The number of hydrogen-bond acceptors (Lipinski definition) is 5. The van der Waals surface area contributed by atoms with Crippen LogP contribution >= 0.6 is 23.7 Å². The van der Waals surface area contributed by atoms with E-state index in [-0.39, 0.29) is 24.2 Å². The Morgan fingerprint density at radius 2 is 2.50 bits per heavy atom. The van der Waals surface area contributed by atoms with Crippen molar-refractivity contribution in [3.05, 3.63) is 5.51 Å². The van der Waals surface area contributed by atoms with Crippen molar-refractivity contribution in [1.82, 2.24) is 15.5 Å². The maximum Gasteiger partial charge on any atom is 0.229 e. The maximum absolute atomic E-state index is 11.8. The average Bonchev–Trinajstić information content (AvgIpc) is 2.70. The number of rotatable bonds is 2. The van der Waals surface area contributed by atoms with Crippen LogP contribution in [0.5, 0.6) is 0 Å². The number of aromatic nitrogens is 2. The van der Waals surface area contributed by atoms with Crippen molar-refractivity contribution in [1.29, 1.82) is 0 Å². The second-order valence-electron chi connectivity index (χ2n) is 3.81. The first-order valence-corrected chi connectivity index (χ1v) is 5.94. The van der Waals surface area contributed by atoms with Gasteiger partial charge in [-0.15, -0.1) is 22.6 Å². The normalized spacial score (nSPS) is 24.6. The Kier molecular flexibility index (Phi) is 5.11. The lowest BCUT2D eigenvalue weighted by molar-refractivity contribution is -0.120. The third kappa shape index (κ3) is 3.40. The first-order valence-electron chi connectivity index (χ1n) is 5.06. The van der Waals surface area contributed by atoms with E-state index in [4.69, 9.17) is 0 Å². The molecular weight excluding hydrogens is 248 g/mol. The lowest BCUT2D eigenvalue weighted by Crippen LogP contribution is -2.40. The summed E-state index contributed by atoms with van der Waals surface area (Å²) in [6, 6.07) is 0.420. The molecule has 2 N–H and O–H groups in total. The number of anilines is 1. The van der Waals surface area contributed by atoms with E-state index in [1.165, 1.54) is 11.3 Å². The van der Waals surface area contributed by atoms with Gasteiger partial charge in [0.05, 0.1) is 0 Å². The molecule has 2 atom stereocenters. The van der Waals surface area contributed by atoms with Gasteiger partial charge < -0.3 is 10.6 Å². The predicted octanol–water partition coefficient (Wildman–Crippen LogP) is 1.29. The predicted molar refractivity (Wildman–Crippen MR) is 66.0 cm³/mol. The Morgan fingerprint density at radius 1 is 1.69 bits per heavy atom. The molecule has 0 saturated carbocycles. The van der Waals surface area contributed by atoms with Gasteiger partial charge in [-0.25, -0.2) is 0 Å². The summed E-state index contributed by atoms with van der Waals surface area (Å²) >= 11 is 1.35. The Hall–Kier alpha value is -0.720. The molecule has 1 aliphatic rings. The number of nitrogens with zero attached hydrogens (tertiary/aromatic N) is 2. The SMILES string of the molecule is C[C@H]1C[C@@H](C(=O)Nc2nncs2)CCN1.Cl. The van der Waals surface area contributed by atoms with Crippen LogP contribution in [0.25, 0.3) is 0 Å². The summed E-state index contributed by atoms with van der Waals surface area (Å²) in [5.74, 6) is 0.172. The number of hydrogen-bond donors (Lipinski definition) is 2. The van der Waals surface area contributed by atoms with Crippen molar-refractivity contribution in [2.75, 3.05) is 11.9 Å². The van der Waals surface area contributed by atoms with Gasteiger partial charge in [-0.1, -0.05) is 11.3 Å². The molecule has 1 fully saturated rings. The Labute approximate surface area is 104 Å². The smallest absolute Gasteiger partial charge is 0.229 e. The van der Waals surface area contributed by atoms with Crippen LogP contribution in [0.2, 0.25) is 0 Å². The summed E-state index contributed by atoms with van der Waals surface area (Å²) in [5.41, 5.74) is 1.61. The van der Waals surface area contributed by atoms with Crippen molar-refractivity contribution in [3.8, 4) is 0 Å². The zero-order chi connectivity index (χ0) is 10.7. The third-order valence-corrected chi connectivity index (χ3v) is 3.19. The zero-order valence-electron chi connectivity index (χ0n) is 8.97. The highest BCUT2D eigenvalue weighted by Crippen LogP contribution is 2.18. The van der Waals surface area contributed by atoms with Crippen molar-refractivity contribution in [3.63, 3.8) is 0 Å². The molecule has 0 spiro atoms. The quantitative estimate of drug-likeness (QED) is 0.843. The topological polar surface area (TPSA) is 66.9 Å². The van der Waals surface area contributed by atoms with E-state index in [0.717, 1.165) is 19.4 Å². The van der Waals surface area contributed by atoms with E-state index in [1.807, 2.05) is 0 Å². The standard InChI is InChI=1S/C9H14N4OS.ClH/c1-6-4-7(2-3-10-6)8(14)12-9-13-11-5-15-9;/h5-7,10H,2-4H2,1H3,(H,12,13,14);1H/t6-,7-;/m0./s1. The number of nitrogens with one attached hydrogen (secondary N) is 2. The van der Waals surface area contributed by atoms with Gasteiger partial charge in [0.15, 0.2) is 0 Å². The van der Waals surface area contributed by atoms with Gasteiger partial charge in [0.25, 0.3) is 0 Å². The average molecular weight is 263 g/mol. The van der Waals surface area contributed by atoms with Crippen LogP contribution in [-0.2, 0) is 4.79 Å². The number of piperidine rings is 1. The van der Waals surface area contributed by atoms with Crippen LogP contribution in [0, 0.1) is 5.92 Å². The van der Waals surface area contributed by atoms with Crippen LogP contribution in [0.3, 0.4) is 0 Å². The molecule has 1 aromatic heterocycles. The van der Waals surface area contributed by atoms with Gasteiger partial charge in [-0.05, 0) is 26.3 Å². The van der Waals surface area contributed by atoms with Crippen LogP contribution in [-0.4, -0.2) is 28.7 Å². The van der Waals surface area contributed by atoms with Gasteiger partial charge >= 0.3 is 0 Å². The number of carbonyl (C=O) groups is 1. The van der Waals surface area contributed by atoms with E-state index >= 15 is 0 Å². The Bertz CT molecular complexity index is 332. The maximum atomic E-state index is 11.8. The van der Waals surface area contributed by atoms with Crippen LogP contribution < -0.4 is 10.6 Å². The highest BCUT2D eigenvalue weighted by molar-refractivity contribution is 7.13. The second kappa shape index (κ2) is 6.12. The molecule has 7 heteroatoms. The van der Waals surface area contributed by atoms with Crippen molar-refractivity contribution in [2.45, 2.75) is 25.8 Å². The first-order chi connectivity index (χ1) is 7.25. The summed E-state index contributed by atoms with van der Waals surface area (Å²) in [6.45, 7) is 3.01. The molecule has 0 radical (unpaired) electrons. The fourth-order valence-corrected chi connectivity index (χ4v) is 2.25. The highest BCUT2D eigenvalue weighted by Gasteiger charge is 2.25. The monoisotopic (exact) mass is 262 g/mol.